The van der Waals surface area contributed by atoms with Crippen LogP contribution in [0, 0.1) is 0 Å². The van der Waals surface area contributed by atoms with E-state index in [0.717, 1.165) is 0 Å². The Morgan fingerprint density at radius 2 is 0.842 bits per heavy atom. The highest BCUT2D eigenvalue weighted by Crippen LogP contribution is 2.19. The van der Waals surface area contributed by atoms with E-state index in [0.29, 0.717) is 11.8 Å². The molecule has 0 saturated heterocycles. The molecule has 0 unspecified atom stereocenters. The lowest BCUT2D eigenvalue weighted by Gasteiger charge is -2.18. The fourth-order valence-electron chi connectivity index (χ4n) is 0.924. The van der Waals surface area contributed by atoms with Crippen molar-refractivity contribution in [3.05, 3.63) is 0 Å². The highest BCUT2D eigenvalue weighted by molar-refractivity contribution is 8.03. The molecule has 0 rings (SSSR count). The van der Waals surface area contributed by atoms with Gasteiger partial charge in [0.25, 0.3) is 23.6 Å². The number of hydrazine groups is 4. The van der Waals surface area contributed by atoms with E-state index in [4.69, 9.17) is 23.4 Å². The van der Waals surface area contributed by atoms with Gasteiger partial charge in [0.2, 0.25) is 0 Å². The molecule has 0 aromatic heterocycles. The van der Waals surface area contributed by atoms with Crippen molar-refractivity contribution in [2.24, 2.45) is 23.4 Å². The van der Waals surface area contributed by atoms with Crippen molar-refractivity contribution < 1.29 is 19.2 Å². The minimum atomic E-state index is -1.55. The molecule has 12 N–H and O–H groups in total. The second-order valence-corrected chi connectivity index (χ2v) is 4.15. The summed E-state index contributed by atoms with van der Waals surface area (Å²) in [6.45, 7) is 0. The SMILES string of the molecule is NNC(=O)C(SC(C(=O)NN)C(=O)NN)C(=O)NN. The Balaban J connectivity index is 5.13. The number of nitrogens with two attached hydrogens (primary N) is 4. The molecule has 12 nitrogen and oxygen atoms in total. The van der Waals surface area contributed by atoms with Crippen LogP contribution >= 0.6 is 11.8 Å². The van der Waals surface area contributed by atoms with Gasteiger partial charge >= 0.3 is 0 Å². The normalized spacial score (nSPS) is 10.0. The second-order valence-electron chi connectivity index (χ2n) is 2.93. The Morgan fingerprint density at radius 3 is 1.00 bits per heavy atom. The third-order valence-corrected chi connectivity index (χ3v) is 3.19. The van der Waals surface area contributed by atoms with Crippen LogP contribution in [0.15, 0.2) is 0 Å². The molecule has 0 aliphatic carbocycles. The maximum absolute atomic E-state index is 11.4. The molecule has 0 aliphatic heterocycles. The highest BCUT2D eigenvalue weighted by atomic mass is 32.2. The summed E-state index contributed by atoms with van der Waals surface area (Å²) in [6, 6.07) is 0. The molecule has 0 aromatic carbocycles. The third kappa shape index (κ3) is 4.68. The van der Waals surface area contributed by atoms with Crippen LogP contribution in [0.2, 0.25) is 0 Å². The van der Waals surface area contributed by atoms with Crippen LogP contribution in [0.4, 0.5) is 0 Å². The van der Waals surface area contributed by atoms with Crippen molar-refractivity contribution in [1.29, 1.82) is 0 Å². The molecule has 0 aromatic rings. The Morgan fingerprint density at radius 1 is 0.632 bits per heavy atom. The van der Waals surface area contributed by atoms with Gasteiger partial charge in [-0.3, -0.25) is 40.9 Å². The van der Waals surface area contributed by atoms with Gasteiger partial charge < -0.3 is 0 Å². The van der Waals surface area contributed by atoms with Crippen molar-refractivity contribution in [3.63, 3.8) is 0 Å². The number of hydrogen-bond acceptors (Lipinski definition) is 9. The molecule has 0 fully saturated rings. The number of rotatable bonds is 6. The number of nitrogens with one attached hydrogen (secondary N) is 4. The van der Waals surface area contributed by atoms with Crippen molar-refractivity contribution in [2.45, 2.75) is 10.5 Å². The molecule has 0 atom stereocenters. The van der Waals surface area contributed by atoms with Gasteiger partial charge in [-0.25, -0.2) is 23.4 Å². The number of hydrogen-bond donors (Lipinski definition) is 8. The molecule has 19 heavy (non-hydrogen) atoms. The maximum Gasteiger partial charge on any atom is 0.256 e. The first-order valence-corrected chi connectivity index (χ1v) is 5.54. The fraction of sp³-hybridized carbons (Fsp3) is 0.333. The largest absolute Gasteiger partial charge is 0.293 e. The first kappa shape index (κ1) is 17.1. The monoisotopic (exact) mass is 294 g/mol. The van der Waals surface area contributed by atoms with Gasteiger partial charge in [-0.05, 0) is 0 Å². The van der Waals surface area contributed by atoms with Crippen LogP contribution in [-0.4, -0.2) is 34.1 Å². The summed E-state index contributed by atoms with van der Waals surface area (Å²) in [4.78, 5) is 45.5. The van der Waals surface area contributed by atoms with Gasteiger partial charge in [0.15, 0.2) is 10.5 Å². The van der Waals surface area contributed by atoms with Crippen LogP contribution in [0.1, 0.15) is 0 Å². The van der Waals surface area contributed by atoms with Gasteiger partial charge in [0, 0.05) is 0 Å². The standard InChI is InChI=1S/C6H14N8O4S/c7-11-3(15)1(4(16)12-8)19-2(5(17)13-9)6(18)14-10/h1-2H,7-10H2,(H,11,15)(H,12,16)(H,13,17)(H,14,18). The molecule has 0 saturated carbocycles. The van der Waals surface area contributed by atoms with Crippen LogP contribution in [0.3, 0.4) is 0 Å². The molecular weight excluding hydrogens is 280 g/mol. The summed E-state index contributed by atoms with van der Waals surface area (Å²) in [6.07, 6.45) is 0. The third-order valence-electron chi connectivity index (χ3n) is 1.79. The topological polar surface area (TPSA) is 220 Å². The van der Waals surface area contributed by atoms with Crippen LogP contribution in [0.5, 0.6) is 0 Å². The maximum atomic E-state index is 11.4. The van der Waals surface area contributed by atoms with Gasteiger partial charge in [0.05, 0.1) is 0 Å². The Kier molecular flexibility index (Phi) is 7.39. The zero-order valence-electron chi connectivity index (χ0n) is 9.51. The lowest BCUT2D eigenvalue weighted by atomic mass is 10.4. The van der Waals surface area contributed by atoms with Gasteiger partial charge in [-0.2, -0.15) is 0 Å². The van der Waals surface area contributed by atoms with Gasteiger partial charge in [0.1, 0.15) is 0 Å². The summed E-state index contributed by atoms with van der Waals surface area (Å²) >= 11 is 0.352. The molecule has 0 spiro atoms. The molecule has 0 bridgehead atoms. The highest BCUT2D eigenvalue weighted by Gasteiger charge is 2.36. The average Bonchev–Trinajstić information content (AvgIpc) is 2.45. The number of amides is 4. The van der Waals surface area contributed by atoms with Crippen molar-refractivity contribution in [3.8, 4) is 0 Å². The summed E-state index contributed by atoms with van der Waals surface area (Å²) in [5, 5.41) is -3.09. The van der Waals surface area contributed by atoms with E-state index >= 15 is 0 Å². The van der Waals surface area contributed by atoms with Gasteiger partial charge in [-0.15, -0.1) is 11.8 Å². The van der Waals surface area contributed by atoms with E-state index in [2.05, 4.69) is 0 Å². The predicted molar refractivity (Wildman–Crippen MR) is 64.5 cm³/mol. The first-order chi connectivity index (χ1) is 8.92. The van der Waals surface area contributed by atoms with E-state index in [1.807, 2.05) is 0 Å². The number of carbonyl (C=O) groups excluding carboxylic acids is 4. The lowest BCUT2D eigenvalue weighted by molar-refractivity contribution is -0.129. The van der Waals surface area contributed by atoms with E-state index in [1.165, 1.54) is 0 Å². The Hall–Kier alpha value is -1.93. The smallest absolute Gasteiger partial charge is 0.256 e. The van der Waals surface area contributed by atoms with E-state index in [1.54, 1.807) is 21.7 Å². The number of carbonyl (C=O) groups is 4. The van der Waals surface area contributed by atoms with Crippen LogP contribution in [0.25, 0.3) is 0 Å². The molecule has 108 valence electrons. The van der Waals surface area contributed by atoms with Crippen LogP contribution in [-0.2, 0) is 19.2 Å². The summed E-state index contributed by atoms with van der Waals surface area (Å²) in [5.41, 5.74) is 6.79. The molecule has 4 amide bonds. The molecule has 0 heterocycles. The Labute approximate surface area is 111 Å². The molecular formula is C6H14N8O4S. The van der Waals surface area contributed by atoms with Crippen molar-refractivity contribution in [1.82, 2.24) is 21.7 Å². The van der Waals surface area contributed by atoms with E-state index in [-0.39, 0.29) is 0 Å². The van der Waals surface area contributed by atoms with Crippen LogP contribution < -0.4 is 45.1 Å². The van der Waals surface area contributed by atoms with Gasteiger partial charge in [-0.1, -0.05) is 0 Å². The average molecular weight is 294 g/mol. The number of thioether (sulfide) groups is 1. The second kappa shape index (κ2) is 8.22. The summed E-state index contributed by atoms with van der Waals surface area (Å²) in [7, 11) is 0. The lowest BCUT2D eigenvalue weighted by Crippen LogP contribution is -2.53. The molecule has 0 aliphatic rings. The van der Waals surface area contributed by atoms with E-state index in [9.17, 15) is 19.2 Å². The molecule has 0 radical (unpaired) electrons. The zero-order valence-corrected chi connectivity index (χ0v) is 10.3. The predicted octanol–water partition coefficient (Wildman–Crippen LogP) is -5.58. The molecule has 13 heteroatoms. The minimum absolute atomic E-state index is 0.352. The quantitative estimate of drug-likeness (QED) is 0.101. The Bertz CT molecular complexity index is 310. The summed E-state index contributed by atoms with van der Waals surface area (Å²) in [5.74, 6) is 15.6. The fourth-order valence-corrected chi connectivity index (χ4v) is 1.96. The minimum Gasteiger partial charge on any atom is -0.293 e. The zero-order chi connectivity index (χ0) is 15.0. The van der Waals surface area contributed by atoms with Crippen molar-refractivity contribution in [2.75, 3.05) is 0 Å². The van der Waals surface area contributed by atoms with Crippen molar-refractivity contribution >= 4 is 35.4 Å². The first-order valence-electron chi connectivity index (χ1n) is 4.60. The summed E-state index contributed by atoms with van der Waals surface area (Å²) < 4.78 is 0. The van der Waals surface area contributed by atoms with E-state index < -0.39 is 34.1 Å².